The van der Waals surface area contributed by atoms with Gasteiger partial charge in [0.25, 0.3) is 0 Å². The minimum absolute atomic E-state index is 0.0636. The third-order valence-corrected chi connectivity index (χ3v) is 2.71. The van der Waals surface area contributed by atoms with Crippen LogP contribution in [0.5, 0.6) is 0 Å². The van der Waals surface area contributed by atoms with E-state index in [9.17, 15) is 13.6 Å². The van der Waals surface area contributed by atoms with Crippen molar-refractivity contribution in [1.82, 2.24) is 4.90 Å². The van der Waals surface area contributed by atoms with Gasteiger partial charge in [-0.05, 0) is 24.1 Å². The SMILES string of the molecule is CCCN(CCCl)C(=O)Cc1ccc(F)c(F)c1. The Morgan fingerprint density at radius 3 is 2.56 bits per heavy atom. The van der Waals surface area contributed by atoms with Crippen LogP contribution in [0.25, 0.3) is 0 Å². The van der Waals surface area contributed by atoms with Gasteiger partial charge in [-0.1, -0.05) is 13.0 Å². The summed E-state index contributed by atoms with van der Waals surface area (Å²) in [4.78, 5) is 13.6. The lowest BCUT2D eigenvalue weighted by Gasteiger charge is -2.21. The third-order valence-electron chi connectivity index (χ3n) is 2.54. The average Bonchev–Trinajstić information content (AvgIpc) is 2.33. The number of carbonyl (C=O) groups is 1. The van der Waals surface area contributed by atoms with Crippen molar-refractivity contribution < 1.29 is 13.6 Å². The minimum Gasteiger partial charge on any atom is -0.341 e. The third kappa shape index (κ3) is 4.26. The molecule has 100 valence electrons. The number of hydrogen-bond acceptors (Lipinski definition) is 1. The number of halogens is 3. The lowest BCUT2D eigenvalue weighted by Crippen LogP contribution is -2.34. The van der Waals surface area contributed by atoms with E-state index >= 15 is 0 Å². The zero-order chi connectivity index (χ0) is 13.5. The Kier molecular flexibility index (Phi) is 6.05. The Morgan fingerprint density at radius 2 is 2.00 bits per heavy atom. The first-order chi connectivity index (χ1) is 8.58. The van der Waals surface area contributed by atoms with Gasteiger partial charge in [-0.3, -0.25) is 4.79 Å². The number of hydrogen-bond donors (Lipinski definition) is 0. The van der Waals surface area contributed by atoms with Crippen molar-refractivity contribution in [3.05, 3.63) is 35.4 Å². The van der Waals surface area contributed by atoms with Crippen molar-refractivity contribution in [3.63, 3.8) is 0 Å². The number of benzene rings is 1. The van der Waals surface area contributed by atoms with E-state index in [1.54, 1.807) is 4.90 Å². The largest absolute Gasteiger partial charge is 0.341 e. The molecule has 1 aromatic rings. The van der Waals surface area contributed by atoms with Crippen LogP contribution in [0.4, 0.5) is 8.78 Å². The fourth-order valence-corrected chi connectivity index (χ4v) is 1.87. The van der Waals surface area contributed by atoms with E-state index in [4.69, 9.17) is 11.6 Å². The van der Waals surface area contributed by atoms with Crippen molar-refractivity contribution in [2.45, 2.75) is 19.8 Å². The highest BCUT2D eigenvalue weighted by atomic mass is 35.5. The smallest absolute Gasteiger partial charge is 0.227 e. The van der Waals surface area contributed by atoms with Gasteiger partial charge in [0.05, 0.1) is 6.42 Å². The Hall–Kier alpha value is -1.16. The molecule has 0 unspecified atom stereocenters. The highest BCUT2D eigenvalue weighted by Crippen LogP contribution is 2.10. The van der Waals surface area contributed by atoms with E-state index in [2.05, 4.69) is 0 Å². The Bertz CT molecular complexity index is 406. The van der Waals surface area contributed by atoms with Crippen molar-refractivity contribution in [1.29, 1.82) is 0 Å². The minimum atomic E-state index is -0.931. The average molecular weight is 276 g/mol. The quantitative estimate of drug-likeness (QED) is 0.731. The van der Waals surface area contributed by atoms with Gasteiger partial charge >= 0.3 is 0 Å². The molecule has 1 aromatic carbocycles. The van der Waals surface area contributed by atoms with Crippen LogP contribution in [0.3, 0.4) is 0 Å². The summed E-state index contributed by atoms with van der Waals surface area (Å²) in [5, 5.41) is 0. The molecule has 0 atom stereocenters. The van der Waals surface area contributed by atoms with Gasteiger partial charge in [-0.15, -0.1) is 11.6 Å². The molecule has 0 aliphatic rings. The maximum absolute atomic E-state index is 13.0. The molecule has 2 nitrogen and oxygen atoms in total. The Morgan fingerprint density at radius 1 is 1.28 bits per heavy atom. The van der Waals surface area contributed by atoms with Crippen molar-refractivity contribution in [2.75, 3.05) is 19.0 Å². The highest BCUT2D eigenvalue weighted by Gasteiger charge is 2.13. The van der Waals surface area contributed by atoms with Gasteiger partial charge in [-0.2, -0.15) is 0 Å². The topological polar surface area (TPSA) is 20.3 Å². The molecule has 1 rings (SSSR count). The van der Waals surface area contributed by atoms with Crippen LogP contribution in [0, 0.1) is 11.6 Å². The van der Waals surface area contributed by atoms with E-state index in [1.165, 1.54) is 6.07 Å². The van der Waals surface area contributed by atoms with E-state index in [0.717, 1.165) is 18.6 Å². The maximum Gasteiger partial charge on any atom is 0.227 e. The molecule has 1 amide bonds. The van der Waals surface area contributed by atoms with Gasteiger partial charge in [0.15, 0.2) is 11.6 Å². The monoisotopic (exact) mass is 275 g/mol. The number of amides is 1. The molecule has 5 heteroatoms. The second kappa shape index (κ2) is 7.31. The van der Waals surface area contributed by atoms with Crippen LogP contribution in [-0.2, 0) is 11.2 Å². The van der Waals surface area contributed by atoms with Crippen LogP contribution in [-0.4, -0.2) is 29.8 Å². The molecular formula is C13H16ClF2NO. The molecule has 0 bridgehead atoms. The highest BCUT2D eigenvalue weighted by molar-refractivity contribution is 6.18. The fraction of sp³-hybridized carbons (Fsp3) is 0.462. The van der Waals surface area contributed by atoms with Crippen LogP contribution < -0.4 is 0 Å². The summed E-state index contributed by atoms with van der Waals surface area (Å²) in [6.07, 6.45) is 0.897. The maximum atomic E-state index is 13.0. The summed E-state index contributed by atoms with van der Waals surface area (Å²) in [6, 6.07) is 3.50. The predicted octanol–water partition coefficient (Wildman–Crippen LogP) is 2.98. The lowest BCUT2D eigenvalue weighted by molar-refractivity contribution is -0.130. The molecular weight excluding hydrogens is 260 g/mol. The van der Waals surface area contributed by atoms with Gasteiger partial charge in [0.2, 0.25) is 5.91 Å². The molecule has 0 fully saturated rings. The van der Waals surface area contributed by atoms with Crippen LogP contribution in [0.15, 0.2) is 18.2 Å². The Balaban J connectivity index is 2.69. The zero-order valence-electron chi connectivity index (χ0n) is 10.3. The summed E-state index contributed by atoms with van der Waals surface area (Å²) < 4.78 is 25.8. The van der Waals surface area contributed by atoms with Gasteiger partial charge in [0, 0.05) is 19.0 Å². The van der Waals surface area contributed by atoms with Crippen LogP contribution in [0.2, 0.25) is 0 Å². The van der Waals surface area contributed by atoms with Gasteiger partial charge < -0.3 is 4.90 Å². The Labute approximate surface area is 111 Å². The molecule has 0 aliphatic heterocycles. The van der Waals surface area contributed by atoms with E-state index in [1.807, 2.05) is 6.92 Å². The molecule has 0 aromatic heterocycles. The first-order valence-corrected chi connectivity index (χ1v) is 6.39. The molecule has 0 N–H and O–H groups in total. The summed E-state index contributed by atoms with van der Waals surface area (Å²) in [7, 11) is 0. The first kappa shape index (κ1) is 14.9. The number of alkyl halides is 1. The normalized spacial score (nSPS) is 10.4. The summed E-state index contributed by atoms with van der Waals surface area (Å²) in [5.74, 6) is -1.59. The van der Waals surface area contributed by atoms with Gasteiger partial charge in [0.1, 0.15) is 0 Å². The fourth-order valence-electron chi connectivity index (χ4n) is 1.67. The van der Waals surface area contributed by atoms with Crippen molar-refractivity contribution in [2.24, 2.45) is 0 Å². The predicted molar refractivity (Wildman–Crippen MR) is 67.7 cm³/mol. The van der Waals surface area contributed by atoms with E-state index in [0.29, 0.717) is 24.5 Å². The van der Waals surface area contributed by atoms with Gasteiger partial charge in [-0.25, -0.2) is 8.78 Å². The number of carbonyl (C=O) groups excluding carboxylic acids is 1. The number of rotatable bonds is 6. The van der Waals surface area contributed by atoms with Crippen LogP contribution in [0.1, 0.15) is 18.9 Å². The van der Waals surface area contributed by atoms with Crippen LogP contribution >= 0.6 is 11.6 Å². The first-order valence-electron chi connectivity index (χ1n) is 5.86. The lowest BCUT2D eigenvalue weighted by atomic mass is 10.1. The van der Waals surface area contributed by atoms with E-state index < -0.39 is 11.6 Å². The second-order valence-corrected chi connectivity index (χ2v) is 4.37. The van der Waals surface area contributed by atoms with Crippen molar-refractivity contribution >= 4 is 17.5 Å². The molecule has 0 radical (unpaired) electrons. The van der Waals surface area contributed by atoms with E-state index in [-0.39, 0.29) is 12.3 Å². The van der Waals surface area contributed by atoms with Crippen molar-refractivity contribution in [3.8, 4) is 0 Å². The summed E-state index contributed by atoms with van der Waals surface area (Å²) >= 11 is 5.62. The molecule has 0 heterocycles. The molecule has 0 aliphatic carbocycles. The molecule has 0 saturated carbocycles. The summed E-state index contributed by atoms with van der Waals surface area (Å²) in [6.45, 7) is 3.05. The molecule has 0 saturated heterocycles. The zero-order valence-corrected chi connectivity index (χ0v) is 11.0. The molecule has 0 spiro atoms. The molecule has 18 heavy (non-hydrogen) atoms. The summed E-state index contributed by atoms with van der Waals surface area (Å²) in [5.41, 5.74) is 0.467. The standard InChI is InChI=1S/C13H16ClF2NO/c1-2-6-17(7-5-14)13(18)9-10-3-4-11(15)12(16)8-10/h3-4,8H,2,5-7,9H2,1H3. The number of nitrogens with zero attached hydrogens (tertiary/aromatic N) is 1. The second-order valence-electron chi connectivity index (χ2n) is 4.00.